The predicted octanol–water partition coefficient (Wildman–Crippen LogP) is 15.2. The summed E-state index contributed by atoms with van der Waals surface area (Å²) in [7, 11) is 0. The van der Waals surface area contributed by atoms with E-state index in [-0.39, 0.29) is 0 Å². The third kappa shape index (κ3) is 7.07. The van der Waals surface area contributed by atoms with Gasteiger partial charge in [0, 0.05) is 16.5 Å². The van der Waals surface area contributed by atoms with Gasteiger partial charge in [-0.1, -0.05) is 206 Å². The maximum atomic E-state index is 2.37. The van der Waals surface area contributed by atoms with Crippen molar-refractivity contribution in [2.75, 3.05) is 0 Å². The number of para-hydroxylation sites is 2. The largest absolute Gasteiger partial charge is 0.309 e. The molecule has 0 bridgehead atoms. The van der Waals surface area contributed by atoms with Crippen LogP contribution in [0.5, 0.6) is 0 Å². The van der Waals surface area contributed by atoms with Gasteiger partial charge in [0.2, 0.25) is 0 Å². The minimum Gasteiger partial charge on any atom is -0.309 e. The molecular weight excluding hydrogens is 699 g/mol. The first-order valence-electron chi connectivity index (χ1n) is 20.0. The SMILES string of the molecule is C(=C(\Cc1ccc(-c2ccccc2)cc1)c1ccc(-c2ccccc2)cc1)/c1ccc(-c2ccc(-c3ccc4c(c3)c3ccccc3n4-c3ccccc3)cc2)cc1. The summed E-state index contributed by atoms with van der Waals surface area (Å²) in [4.78, 5) is 0. The summed E-state index contributed by atoms with van der Waals surface area (Å²) < 4.78 is 2.37. The summed E-state index contributed by atoms with van der Waals surface area (Å²) in [5.74, 6) is 0. The number of aromatic nitrogens is 1. The maximum Gasteiger partial charge on any atom is 0.0541 e. The molecule has 0 aliphatic heterocycles. The predicted molar refractivity (Wildman–Crippen MR) is 247 cm³/mol. The summed E-state index contributed by atoms with van der Waals surface area (Å²) in [5, 5.41) is 2.53. The first-order valence-corrected chi connectivity index (χ1v) is 20.0. The van der Waals surface area contributed by atoms with Crippen LogP contribution < -0.4 is 0 Å². The molecule has 1 nitrogen and oxygen atoms in total. The maximum absolute atomic E-state index is 2.37. The quantitative estimate of drug-likeness (QED) is 0.130. The van der Waals surface area contributed by atoms with Gasteiger partial charge in [-0.2, -0.15) is 0 Å². The third-order valence-electron chi connectivity index (χ3n) is 11.3. The molecule has 0 saturated carbocycles. The Morgan fingerprint density at radius 1 is 0.345 bits per heavy atom. The number of allylic oxidation sites excluding steroid dienone is 1. The standard InChI is InChI=1S/C57H41N/c1-4-12-43(13-5-1)45-24-20-41(21-25-45)38-52(50-34-30-47(31-35-50)44-14-6-2-7-15-44)39-42-22-26-46(27-23-42)48-28-32-49(33-29-48)51-36-37-57-55(40-51)54-18-10-11-19-56(54)58(57)53-16-8-3-9-17-53/h1-37,39-40H,38H2/b52-39-. The van der Waals surface area contributed by atoms with E-state index in [0.29, 0.717) is 0 Å². The van der Waals surface area contributed by atoms with Crippen molar-refractivity contribution >= 4 is 33.5 Å². The molecular formula is C57H41N. The Labute approximate surface area is 340 Å². The van der Waals surface area contributed by atoms with E-state index in [2.05, 4.69) is 241 Å². The van der Waals surface area contributed by atoms with Crippen molar-refractivity contribution < 1.29 is 0 Å². The van der Waals surface area contributed by atoms with Crippen LogP contribution in [-0.2, 0) is 6.42 Å². The Balaban J connectivity index is 0.926. The molecule has 10 aromatic rings. The molecule has 1 aromatic heterocycles. The topological polar surface area (TPSA) is 4.93 Å². The molecule has 10 rings (SSSR count). The summed E-state index contributed by atoms with van der Waals surface area (Å²) in [5.41, 5.74) is 18.4. The van der Waals surface area contributed by atoms with E-state index >= 15 is 0 Å². The molecule has 0 amide bonds. The zero-order valence-corrected chi connectivity index (χ0v) is 32.2. The lowest BCUT2D eigenvalue weighted by Gasteiger charge is -2.12. The van der Waals surface area contributed by atoms with Crippen molar-refractivity contribution in [2.45, 2.75) is 6.42 Å². The second-order valence-corrected chi connectivity index (χ2v) is 15.0. The van der Waals surface area contributed by atoms with Crippen LogP contribution in [-0.4, -0.2) is 4.57 Å². The van der Waals surface area contributed by atoms with Gasteiger partial charge in [-0.05, 0) is 104 Å². The second-order valence-electron chi connectivity index (χ2n) is 15.0. The number of hydrogen-bond donors (Lipinski definition) is 0. The monoisotopic (exact) mass is 739 g/mol. The number of rotatable bonds is 9. The van der Waals surface area contributed by atoms with E-state index in [0.717, 1.165) is 6.42 Å². The van der Waals surface area contributed by atoms with Gasteiger partial charge in [0.25, 0.3) is 0 Å². The zero-order chi connectivity index (χ0) is 38.7. The van der Waals surface area contributed by atoms with Gasteiger partial charge < -0.3 is 4.57 Å². The highest BCUT2D eigenvalue weighted by Crippen LogP contribution is 2.36. The summed E-state index contributed by atoms with van der Waals surface area (Å²) >= 11 is 0. The van der Waals surface area contributed by atoms with Crippen molar-refractivity contribution in [2.24, 2.45) is 0 Å². The Hall–Kier alpha value is -7.48. The molecule has 0 N–H and O–H groups in total. The van der Waals surface area contributed by atoms with Gasteiger partial charge in [-0.15, -0.1) is 0 Å². The van der Waals surface area contributed by atoms with E-state index in [9.17, 15) is 0 Å². The van der Waals surface area contributed by atoms with Crippen LogP contribution in [0.2, 0.25) is 0 Å². The van der Waals surface area contributed by atoms with E-state index in [4.69, 9.17) is 0 Å². The molecule has 0 radical (unpaired) electrons. The molecule has 0 atom stereocenters. The van der Waals surface area contributed by atoms with Crippen molar-refractivity contribution in [3.05, 3.63) is 247 Å². The molecule has 58 heavy (non-hydrogen) atoms. The lowest BCUT2D eigenvalue weighted by atomic mass is 9.93. The highest BCUT2D eigenvalue weighted by molar-refractivity contribution is 6.10. The van der Waals surface area contributed by atoms with Crippen molar-refractivity contribution in [1.29, 1.82) is 0 Å². The van der Waals surface area contributed by atoms with E-state index in [1.807, 2.05) is 0 Å². The van der Waals surface area contributed by atoms with E-state index in [1.54, 1.807) is 0 Å². The summed E-state index contributed by atoms with van der Waals surface area (Å²) in [6, 6.07) is 83.4. The van der Waals surface area contributed by atoms with Crippen molar-refractivity contribution in [3.63, 3.8) is 0 Å². The molecule has 0 saturated heterocycles. The number of benzene rings is 9. The minimum atomic E-state index is 0.835. The Bertz CT molecular complexity index is 2990. The lowest BCUT2D eigenvalue weighted by molar-refractivity contribution is 1.18. The van der Waals surface area contributed by atoms with E-state index < -0.39 is 0 Å². The van der Waals surface area contributed by atoms with Gasteiger partial charge in [-0.25, -0.2) is 0 Å². The van der Waals surface area contributed by atoms with Gasteiger partial charge in [0.1, 0.15) is 0 Å². The molecule has 9 aromatic carbocycles. The fourth-order valence-electron chi connectivity index (χ4n) is 8.25. The van der Waals surface area contributed by atoms with Crippen LogP contribution >= 0.6 is 0 Å². The van der Waals surface area contributed by atoms with Crippen LogP contribution in [0.15, 0.2) is 231 Å². The fourth-order valence-corrected chi connectivity index (χ4v) is 8.25. The fraction of sp³-hybridized carbons (Fsp3) is 0.0175. The molecule has 0 aliphatic carbocycles. The first-order chi connectivity index (χ1) is 28.7. The number of hydrogen-bond acceptors (Lipinski definition) is 0. The molecule has 0 unspecified atom stereocenters. The highest BCUT2D eigenvalue weighted by atomic mass is 15.0. The van der Waals surface area contributed by atoms with Gasteiger partial charge in [0.15, 0.2) is 0 Å². The van der Waals surface area contributed by atoms with Gasteiger partial charge in [-0.3, -0.25) is 0 Å². The average Bonchev–Trinajstić information content (AvgIpc) is 3.64. The molecule has 1 heteroatoms. The molecule has 0 spiro atoms. The second kappa shape index (κ2) is 15.6. The summed E-state index contributed by atoms with van der Waals surface area (Å²) in [6.45, 7) is 0. The van der Waals surface area contributed by atoms with Crippen LogP contribution in [0.4, 0.5) is 0 Å². The van der Waals surface area contributed by atoms with Crippen LogP contribution in [0.1, 0.15) is 16.7 Å². The molecule has 274 valence electrons. The molecule has 0 aliphatic rings. The third-order valence-corrected chi connectivity index (χ3v) is 11.3. The van der Waals surface area contributed by atoms with Crippen LogP contribution in [0.25, 0.3) is 83.6 Å². The van der Waals surface area contributed by atoms with Crippen molar-refractivity contribution in [1.82, 2.24) is 4.57 Å². The molecule has 0 fully saturated rings. The smallest absolute Gasteiger partial charge is 0.0541 e. The first kappa shape index (κ1) is 35.0. The van der Waals surface area contributed by atoms with Gasteiger partial charge >= 0.3 is 0 Å². The lowest BCUT2D eigenvalue weighted by Crippen LogP contribution is -1.93. The van der Waals surface area contributed by atoms with Crippen molar-refractivity contribution in [3.8, 4) is 50.2 Å². The number of nitrogens with zero attached hydrogens (tertiary/aromatic N) is 1. The normalized spacial score (nSPS) is 11.6. The average molecular weight is 740 g/mol. The highest BCUT2D eigenvalue weighted by Gasteiger charge is 2.13. The zero-order valence-electron chi connectivity index (χ0n) is 32.2. The Kier molecular flexibility index (Phi) is 9.39. The number of fused-ring (bicyclic) bond motifs is 3. The van der Waals surface area contributed by atoms with Gasteiger partial charge in [0.05, 0.1) is 11.0 Å². The van der Waals surface area contributed by atoms with Crippen LogP contribution in [0.3, 0.4) is 0 Å². The van der Waals surface area contributed by atoms with E-state index in [1.165, 1.54) is 94.3 Å². The van der Waals surface area contributed by atoms with Crippen LogP contribution in [0, 0.1) is 0 Å². The minimum absolute atomic E-state index is 0.835. The molecule has 1 heterocycles. The Morgan fingerprint density at radius 2 is 0.776 bits per heavy atom. The summed E-state index contributed by atoms with van der Waals surface area (Å²) in [6.07, 6.45) is 3.18. The Morgan fingerprint density at radius 3 is 1.38 bits per heavy atom.